The molecule has 0 aromatic carbocycles. The fourth-order valence-corrected chi connectivity index (χ4v) is 1.54. The molecule has 0 fully saturated rings. The van der Waals surface area contributed by atoms with Gasteiger partial charge in [-0.15, -0.1) is 0 Å². The molecule has 0 aromatic heterocycles. The van der Waals surface area contributed by atoms with Crippen LogP contribution in [0.4, 0.5) is 3.89 Å². The third-order valence-corrected chi connectivity index (χ3v) is 2.40. The normalized spacial score (nSPS) is 12.5. The molecule has 0 unspecified atom stereocenters. The van der Waals surface area contributed by atoms with Crippen LogP contribution in [0, 0.1) is 0 Å². The fourth-order valence-electron chi connectivity index (χ4n) is 0.231. The summed E-state index contributed by atoms with van der Waals surface area (Å²) in [5, 5.41) is 0. The molecule has 0 aromatic rings. The molecule has 0 aliphatic heterocycles. The van der Waals surface area contributed by atoms with Crippen LogP contribution in [-0.4, -0.2) is 16.8 Å². The first-order chi connectivity index (χ1) is 4.77. The van der Waals surface area contributed by atoms with Crippen molar-refractivity contribution in [2.24, 2.45) is 0 Å². The average molecular weight is 205 g/mol. The predicted octanol–water partition coefficient (Wildman–Crippen LogP) is -0.805. The van der Waals surface area contributed by atoms with Crippen LogP contribution in [0.15, 0.2) is 12.8 Å². The van der Waals surface area contributed by atoms with Crippen molar-refractivity contribution in [3.8, 4) is 0 Å². The van der Waals surface area contributed by atoms with Gasteiger partial charge in [0.2, 0.25) is 0 Å². The van der Waals surface area contributed by atoms with Crippen LogP contribution < -0.4 is 4.13 Å². The first-order valence-corrected chi connectivity index (χ1v) is 4.83. The Hall–Kier alpha value is -0.670. The highest BCUT2D eigenvalue weighted by Gasteiger charge is 2.19. The maximum absolute atomic E-state index is 11.6. The predicted molar refractivity (Wildman–Crippen MR) is 33.4 cm³/mol. The molecule has 66 valence electrons. The molecule has 6 nitrogen and oxygen atoms in total. The minimum absolute atomic E-state index is 0.438. The molecular formula is C2H4FNO5S2. The number of hydrogen-bond donors (Lipinski definition) is 1. The van der Waals surface area contributed by atoms with Gasteiger partial charge in [-0.25, -0.2) is 0 Å². The van der Waals surface area contributed by atoms with Gasteiger partial charge in [-0.2, -0.15) is 16.8 Å². The van der Waals surface area contributed by atoms with Crippen molar-refractivity contribution in [3.05, 3.63) is 12.8 Å². The minimum Gasteiger partial charge on any atom is -0.379 e. The second-order valence-electron chi connectivity index (χ2n) is 1.24. The van der Waals surface area contributed by atoms with Crippen LogP contribution in [-0.2, 0) is 24.9 Å². The first-order valence-electron chi connectivity index (χ1n) is 2.04. The molecule has 0 heterocycles. The van der Waals surface area contributed by atoms with Gasteiger partial charge in [0.15, 0.2) is 0 Å². The lowest BCUT2D eigenvalue weighted by Gasteiger charge is -1.98. The van der Waals surface area contributed by atoms with Gasteiger partial charge < -0.3 is 4.18 Å². The Balaban J connectivity index is 4.52. The Morgan fingerprint density at radius 1 is 1.36 bits per heavy atom. The van der Waals surface area contributed by atoms with Crippen molar-refractivity contribution < 1.29 is 24.9 Å². The summed E-state index contributed by atoms with van der Waals surface area (Å²) in [6.07, 6.45) is 0.438. The zero-order chi connectivity index (χ0) is 9.12. The van der Waals surface area contributed by atoms with E-state index < -0.39 is 20.7 Å². The van der Waals surface area contributed by atoms with Crippen LogP contribution in [0.3, 0.4) is 0 Å². The molecular weight excluding hydrogens is 201 g/mol. The number of rotatable bonds is 4. The molecule has 0 radical (unpaired) electrons. The fraction of sp³-hybridized carbons (Fsp3) is 0. The highest BCUT2D eigenvalue weighted by atomic mass is 32.3. The summed E-state index contributed by atoms with van der Waals surface area (Å²) >= 11 is 0. The summed E-state index contributed by atoms with van der Waals surface area (Å²) in [4.78, 5) is 0. The molecule has 0 saturated heterocycles. The van der Waals surface area contributed by atoms with E-state index in [-0.39, 0.29) is 0 Å². The van der Waals surface area contributed by atoms with Gasteiger partial charge in [0.25, 0.3) is 0 Å². The van der Waals surface area contributed by atoms with E-state index in [1.807, 2.05) is 0 Å². The van der Waals surface area contributed by atoms with E-state index in [1.165, 1.54) is 0 Å². The van der Waals surface area contributed by atoms with Gasteiger partial charge in [-0.1, -0.05) is 10.5 Å². The Kier molecular flexibility index (Phi) is 2.96. The van der Waals surface area contributed by atoms with Gasteiger partial charge in [0.1, 0.15) is 6.26 Å². The molecule has 0 amide bonds. The molecule has 11 heavy (non-hydrogen) atoms. The Morgan fingerprint density at radius 3 is 2.09 bits per heavy atom. The number of nitrogens with one attached hydrogen (secondary N) is 1. The summed E-state index contributed by atoms with van der Waals surface area (Å²) < 4.78 is 55.5. The van der Waals surface area contributed by atoms with Crippen molar-refractivity contribution >= 4 is 20.7 Å². The SMILES string of the molecule is C=COS(=O)(=O)NS(=O)(=O)F. The molecule has 9 heteroatoms. The third-order valence-electron chi connectivity index (χ3n) is 0.396. The molecule has 1 N–H and O–H groups in total. The number of halogens is 1. The summed E-state index contributed by atoms with van der Waals surface area (Å²) in [5.74, 6) is 0. The molecule has 0 aliphatic rings. The van der Waals surface area contributed by atoms with Crippen molar-refractivity contribution in [2.75, 3.05) is 0 Å². The summed E-state index contributed by atoms with van der Waals surface area (Å²) in [6.45, 7) is 2.82. The number of hydrogen-bond acceptors (Lipinski definition) is 5. The maximum Gasteiger partial charge on any atom is 0.397 e. The van der Waals surface area contributed by atoms with E-state index in [1.54, 1.807) is 0 Å². The van der Waals surface area contributed by atoms with E-state index in [0.717, 1.165) is 0 Å². The van der Waals surface area contributed by atoms with Crippen LogP contribution in [0.25, 0.3) is 0 Å². The summed E-state index contributed by atoms with van der Waals surface area (Å²) in [6, 6.07) is 0. The molecule has 0 aliphatic carbocycles. The molecule has 0 bridgehead atoms. The van der Waals surface area contributed by atoms with E-state index >= 15 is 0 Å². The summed E-state index contributed by atoms with van der Waals surface area (Å²) in [5.41, 5.74) is 0. The quantitative estimate of drug-likeness (QED) is 0.479. The van der Waals surface area contributed by atoms with Crippen LogP contribution in [0.1, 0.15) is 0 Å². The molecule has 0 spiro atoms. The molecule has 0 saturated carbocycles. The average Bonchev–Trinajstić information content (AvgIpc) is 1.55. The van der Waals surface area contributed by atoms with E-state index in [4.69, 9.17) is 0 Å². The van der Waals surface area contributed by atoms with E-state index in [0.29, 0.717) is 10.4 Å². The Morgan fingerprint density at radius 2 is 1.82 bits per heavy atom. The molecule has 0 atom stereocenters. The van der Waals surface area contributed by atoms with Crippen molar-refractivity contribution in [2.45, 2.75) is 0 Å². The Bertz CT molecular complexity index is 327. The van der Waals surface area contributed by atoms with Crippen LogP contribution >= 0.6 is 0 Å². The van der Waals surface area contributed by atoms with Crippen LogP contribution in [0.5, 0.6) is 0 Å². The van der Waals surface area contributed by atoms with Gasteiger partial charge in [-0.3, -0.25) is 0 Å². The monoisotopic (exact) mass is 205 g/mol. The van der Waals surface area contributed by atoms with Crippen molar-refractivity contribution in [3.63, 3.8) is 0 Å². The zero-order valence-electron chi connectivity index (χ0n) is 5.02. The van der Waals surface area contributed by atoms with Crippen molar-refractivity contribution in [1.29, 1.82) is 0 Å². The van der Waals surface area contributed by atoms with Gasteiger partial charge in [0, 0.05) is 0 Å². The lowest BCUT2D eigenvalue weighted by Crippen LogP contribution is -2.27. The first kappa shape index (κ1) is 10.3. The topological polar surface area (TPSA) is 89.5 Å². The van der Waals surface area contributed by atoms with Gasteiger partial charge in [0.05, 0.1) is 0 Å². The van der Waals surface area contributed by atoms with E-state index in [2.05, 4.69) is 10.8 Å². The molecule has 0 rings (SSSR count). The van der Waals surface area contributed by atoms with E-state index in [9.17, 15) is 20.7 Å². The highest BCUT2D eigenvalue weighted by Crippen LogP contribution is 1.93. The Labute approximate surface area is 63.3 Å². The zero-order valence-corrected chi connectivity index (χ0v) is 6.65. The lowest BCUT2D eigenvalue weighted by molar-refractivity contribution is 0.438. The maximum atomic E-state index is 11.6. The van der Waals surface area contributed by atoms with Crippen molar-refractivity contribution in [1.82, 2.24) is 4.13 Å². The standard InChI is InChI=1S/C2H4FNO5S2/c1-2-9-11(7,8)4-10(3,5)6/h2,4H,1H2. The largest absolute Gasteiger partial charge is 0.397 e. The smallest absolute Gasteiger partial charge is 0.379 e. The van der Waals surface area contributed by atoms with Gasteiger partial charge >= 0.3 is 20.7 Å². The van der Waals surface area contributed by atoms with Crippen LogP contribution in [0.2, 0.25) is 0 Å². The minimum atomic E-state index is -5.31. The second kappa shape index (κ2) is 3.15. The lowest BCUT2D eigenvalue weighted by atomic mass is 11.2. The second-order valence-corrected chi connectivity index (χ2v) is 3.88. The third kappa shape index (κ3) is 5.76. The summed E-state index contributed by atoms with van der Waals surface area (Å²) in [7, 11) is -9.94. The highest BCUT2D eigenvalue weighted by molar-refractivity contribution is 8.00. The van der Waals surface area contributed by atoms with Gasteiger partial charge in [-0.05, 0) is 4.13 Å².